The van der Waals surface area contributed by atoms with Crippen molar-refractivity contribution in [2.24, 2.45) is 45.3 Å². The van der Waals surface area contributed by atoms with Crippen LogP contribution in [-0.2, 0) is 23.8 Å². The number of halogens is 1. The van der Waals surface area contributed by atoms with Gasteiger partial charge in [-0.3, -0.25) is 9.59 Å². The number of carbonyl (C=O) groups is 2. The van der Waals surface area contributed by atoms with Crippen LogP contribution in [0.2, 0.25) is 0 Å². The Kier molecular flexibility index (Phi) is 7.13. The molecule has 5 fully saturated rings. The van der Waals surface area contributed by atoms with Gasteiger partial charge in [0.05, 0.1) is 17.6 Å². The number of hydrogen-bond donors (Lipinski definition) is 0. The number of rotatable bonds is 7. The summed E-state index contributed by atoms with van der Waals surface area (Å²) in [6, 6.07) is 0. The van der Waals surface area contributed by atoms with E-state index in [0.29, 0.717) is 28.9 Å². The van der Waals surface area contributed by atoms with Gasteiger partial charge in [-0.25, -0.2) is 0 Å². The summed E-state index contributed by atoms with van der Waals surface area (Å²) in [5.41, 5.74) is -0.866. The summed E-state index contributed by atoms with van der Waals surface area (Å²) in [7, 11) is 1.79. The molecule has 4 saturated carbocycles. The molecule has 5 nitrogen and oxygen atoms in total. The molecule has 11 atom stereocenters. The maximum atomic E-state index is 14.4. The van der Waals surface area contributed by atoms with Crippen molar-refractivity contribution in [3.8, 4) is 0 Å². The van der Waals surface area contributed by atoms with Crippen molar-refractivity contribution in [2.45, 2.75) is 142 Å². The van der Waals surface area contributed by atoms with Crippen molar-refractivity contribution in [1.29, 1.82) is 0 Å². The molecule has 5 aliphatic rings. The van der Waals surface area contributed by atoms with E-state index in [1.165, 1.54) is 13.3 Å². The normalized spacial score (nSPS) is 47.8. The minimum absolute atomic E-state index is 0.0374. The lowest BCUT2D eigenvalue weighted by atomic mass is 9.37. The average molecular weight is 610 g/mol. The van der Waals surface area contributed by atoms with Crippen molar-refractivity contribution in [1.82, 2.24) is 0 Å². The second-order valence-corrected chi connectivity index (χ2v) is 17.1. The van der Waals surface area contributed by atoms with Crippen molar-refractivity contribution in [2.75, 3.05) is 7.11 Å². The summed E-state index contributed by atoms with van der Waals surface area (Å²) in [6.07, 6.45) is 7.97. The Hall–Kier alpha value is -0.460. The Bertz CT molecular complexity index is 1020. The molecule has 222 valence electrons. The number of hydrogen-bond acceptors (Lipinski definition) is 5. The van der Waals surface area contributed by atoms with Gasteiger partial charge in [-0.05, 0) is 87.4 Å². The van der Waals surface area contributed by atoms with Crippen molar-refractivity contribution in [3.05, 3.63) is 0 Å². The van der Waals surface area contributed by atoms with Gasteiger partial charge in [-0.15, -0.1) is 0 Å². The van der Waals surface area contributed by atoms with Gasteiger partial charge < -0.3 is 14.2 Å². The zero-order valence-electron chi connectivity index (χ0n) is 26.1. The van der Waals surface area contributed by atoms with E-state index < -0.39 is 0 Å². The van der Waals surface area contributed by atoms with Crippen LogP contribution < -0.4 is 0 Å². The Morgan fingerprint density at radius 2 is 1.72 bits per heavy atom. The van der Waals surface area contributed by atoms with Crippen LogP contribution in [0.3, 0.4) is 0 Å². The number of epoxide rings is 1. The van der Waals surface area contributed by atoms with Crippen LogP contribution >= 0.6 is 15.9 Å². The Labute approximate surface area is 245 Å². The number of ketones is 1. The molecule has 0 N–H and O–H groups in total. The van der Waals surface area contributed by atoms with Gasteiger partial charge in [0.2, 0.25) is 0 Å². The van der Waals surface area contributed by atoms with Gasteiger partial charge in [0.25, 0.3) is 0 Å². The van der Waals surface area contributed by atoms with Crippen LogP contribution in [0.25, 0.3) is 0 Å². The highest BCUT2D eigenvalue weighted by molar-refractivity contribution is 9.09. The summed E-state index contributed by atoms with van der Waals surface area (Å²) in [4.78, 5) is 26.6. The lowest BCUT2D eigenvalue weighted by molar-refractivity contribution is -0.203. The van der Waals surface area contributed by atoms with E-state index >= 15 is 0 Å². The number of Topliss-reactive ketones (excluding diaryl/α,β-unsaturated/α-hetero) is 1. The van der Waals surface area contributed by atoms with E-state index in [4.69, 9.17) is 14.2 Å². The van der Waals surface area contributed by atoms with Gasteiger partial charge in [0.15, 0.2) is 0 Å². The quantitative estimate of drug-likeness (QED) is 0.170. The predicted octanol–water partition coefficient (Wildman–Crippen LogP) is 7.52. The smallest absolute Gasteiger partial charge is 0.302 e. The van der Waals surface area contributed by atoms with Gasteiger partial charge in [0, 0.05) is 36.1 Å². The maximum Gasteiger partial charge on any atom is 0.302 e. The van der Waals surface area contributed by atoms with Crippen molar-refractivity contribution < 1.29 is 23.8 Å². The molecule has 6 heteroatoms. The number of fused-ring (bicyclic) bond motifs is 3. The van der Waals surface area contributed by atoms with Crippen LogP contribution in [0.4, 0.5) is 0 Å². The highest BCUT2D eigenvalue weighted by atomic mass is 79.9. The standard InChI is InChI=1S/C33H53BrO5/c1-19(11-12-24(34)29(5,6)37-10)21-13-15-31(8)27-22(36)17-23-28(3,4)25(38-20(2)35)14-16-30(23,7)33(27)26(39-33)18-32(21,31)9/h19,21,23-27H,11-18H2,1-10H3/t19-,21-,23+,24?,25+,26+,27+,30+,31+,32-,33+/m1/s1. The molecule has 1 heterocycles. The summed E-state index contributed by atoms with van der Waals surface area (Å²) >= 11 is 3.91. The van der Waals surface area contributed by atoms with E-state index in [1.807, 2.05) is 0 Å². The van der Waals surface area contributed by atoms with Crippen LogP contribution in [0.5, 0.6) is 0 Å². The third kappa shape index (κ3) is 3.95. The number of alkyl halides is 1. The molecule has 0 aromatic carbocycles. The summed E-state index contributed by atoms with van der Waals surface area (Å²) in [6.45, 7) is 20.0. The van der Waals surface area contributed by atoms with Crippen LogP contribution in [-0.4, -0.2) is 47.1 Å². The van der Waals surface area contributed by atoms with Gasteiger partial charge in [0.1, 0.15) is 17.5 Å². The third-order valence-corrected chi connectivity index (χ3v) is 15.3. The van der Waals surface area contributed by atoms with Crippen molar-refractivity contribution in [3.63, 3.8) is 0 Å². The summed E-state index contributed by atoms with van der Waals surface area (Å²) in [5.74, 6) is 1.46. The fourth-order valence-corrected chi connectivity index (χ4v) is 11.4. The second-order valence-electron chi connectivity index (χ2n) is 15.9. The maximum absolute atomic E-state index is 14.4. The first kappa shape index (κ1) is 30.0. The van der Waals surface area contributed by atoms with Gasteiger partial charge >= 0.3 is 5.97 Å². The molecule has 0 radical (unpaired) electrons. The largest absolute Gasteiger partial charge is 0.462 e. The Balaban J connectivity index is 1.42. The Morgan fingerprint density at radius 3 is 2.33 bits per heavy atom. The highest BCUT2D eigenvalue weighted by Gasteiger charge is 2.85. The highest BCUT2D eigenvalue weighted by Crippen LogP contribution is 2.81. The predicted molar refractivity (Wildman–Crippen MR) is 157 cm³/mol. The first-order valence-corrected chi connectivity index (χ1v) is 16.4. The number of carbonyl (C=O) groups excluding carboxylic acids is 2. The topological polar surface area (TPSA) is 65.1 Å². The van der Waals surface area contributed by atoms with E-state index in [1.54, 1.807) is 7.11 Å². The molecule has 0 aromatic rings. The minimum Gasteiger partial charge on any atom is -0.462 e. The fourth-order valence-electron chi connectivity index (χ4n) is 11.0. The molecule has 1 saturated heterocycles. The number of ether oxygens (including phenoxy) is 3. The Morgan fingerprint density at radius 1 is 1.08 bits per heavy atom. The number of methoxy groups -OCH3 is 1. The van der Waals surface area contributed by atoms with Crippen LogP contribution in [0, 0.1) is 45.3 Å². The molecule has 4 aliphatic carbocycles. The average Bonchev–Trinajstić information content (AvgIpc) is 3.48. The molecule has 39 heavy (non-hydrogen) atoms. The summed E-state index contributed by atoms with van der Waals surface area (Å²) < 4.78 is 18.5. The van der Waals surface area contributed by atoms with Gasteiger partial charge in [-0.2, -0.15) is 0 Å². The van der Waals surface area contributed by atoms with E-state index in [9.17, 15) is 9.59 Å². The molecule has 0 bridgehead atoms. The first-order chi connectivity index (χ1) is 17.9. The van der Waals surface area contributed by atoms with Crippen LogP contribution in [0.1, 0.15) is 114 Å². The van der Waals surface area contributed by atoms with E-state index in [0.717, 1.165) is 38.5 Å². The molecule has 5 rings (SSSR count). The number of esters is 1. The molecule has 0 aromatic heterocycles. The molecular weight excluding hydrogens is 556 g/mol. The third-order valence-electron chi connectivity index (χ3n) is 13.7. The van der Waals surface area contributed by atoms with Crippen LogP contribution in [0.15, 0.2) is 0 Å². The summed E-state index contributed by atoms with van der Waals surface area (Å²) in [5, 5.41) is 0. The SMILES string of the molecule is COC(C)(C)C(Br)CC[C@@H](C)[C@H]1CC[C@@]2(C)[C@@H]3C(=O)C[C@H]4C(C)(C)[C@@H](OC(C)=O)CC[C@]4(C)[C@@]34O[C@H]4C[C@]12C. The first-order valence-electron chi connectivity index (χ1n) is 15.5. The lowest BCUT2D eigenvalue weighted by Gasteiger charge is -2.65. The molecule has 1 spiro atoms. The van der Waals surface area contributed by atoms with E-state index in [-0.39, 0.29) is 62.9 Å². The minimum atomic E-state index is -0.360. The zero-order valence-corrected chi connectivity index (χ0v) is 27.7. The fraction of sp³-hybridized carbons (Fsp3) is 0.939. The van der Waals surface area contributed by atoms with Gasteiger partial charge in [-0.1, -0.05) is 57.5 Å². The second kappa shape index (κ2) is 9.27. The molecule has 0 amide bonds. The lowest BCUT2D eigenvalue weighted by Crippen LogP contribution is -2.69. The monoisotopic (exact) mass is 608 g/mol. The van der Waals surface area contributed by atoms with E-state index in [2.05, 4.69) is 71.3 Å². The molecular formula is C33H53BrO5. The molecule has 1 aliphatic heterocycles. The molecule has 1 unspecified atom stereocenters. The zero-order chi connectivity index (χ0) is 29.0. The van der Waals surface area contributed by atoms with Crippen molar-refractivity contribution >= 4 is 27.7 Å².